The molecular formula is C23H25N5O. The second-order valence-corrected chi connectivity index (χ2v) is 8.21. The van der Waals surface area contributed by atoms with Crippen molar-refractivity contribution in [3.05, 3.63) is 64.6 Å². The molecule has 0 radical (unpaired) electrons. The maximum atomic E-state index is 12.9. The summed E-state index contributed by atoms with van der Waals surface area (Å²) >= 11 is 0. The van der Waals surface area contributed by atoms with Gasteiger partial charge in [-0.25, -0.2) is 4.98 Å². The quantitative estimate of drug-likeness (QED) is 0.529. The molecule has 5 rings (SSSR count). The third-order valence-corrected chi connectivity index (χ3v) is 6.14. The molecule has 148 valence electrons. The molecule has 0 aliphatic carbocycles. The van der Waals surface area contributed by atoms with Crippen LogP contribution in [0.5, 0.6) is 0 Å². The standard InChI is InChI=1S/C23H25N5O/c1-15-13-28-14-18(5-7-21(28)24-15)17-4-6-20-19(12-17)23(29)25-22(27(20)3)16-8-10-26(2)11-9-16/h4-7,12-14,16H,8-11H2,1-3H3. The highest BCUT2D eigenvalue weighted by molar-refractivity contribution is 5.84. The molecule has 6 heteroatoms. The van der Waals surface area contributed by atoms with Crippen LogP contribution in [0.4, 0.5) is 0 Å². The van der Waals surface area contributed by atoms with E-state index in [1.165, 1.54) is 0 Å². The summed E-state index contributed by atoms with van der Waals surface area (Å²) in [5, 5.41) is 0.670. The van der Waals surface area contributed by atoms with E-state index >= 15 is 0 Å². The van der Waals surface area contributed by atoms with Crippen molar-refractivity contribution in [3.63, 3.8) is 0 Å². The maximum Gasteiger partial charge on any atom is 0.280 e. The molecule has 0 unspecified atom stereocenters. The van der Waals surface area contributed by atoms with Gasteiger partial charge >= 0.3 is 0 Å². The fraction of sp³-hybridized carbons (Fsp3) is 0.348. The van der Waals surface area contributed by atoms with Gasteiger partial charge in [0.2, 0.25) is 0 Å². The van der Waals surface area contributed by atoms with Crippen LogP contribution < -0.4 is 5.56 Å². The van der Waals surface area contributed by atoms with E-state index in [1.807, 2.05) is 42.8 Å². The third-order valence-electron chi connectivity index (χ3n) is 6.14. The van der Waals surface area contributed by atoms with Crippen LogP contribution in [-0.4, -0.2) is 44.0 Å². The van der Waals surface area contributed by atoms with Gasteiger partial charge in [0.25, 0.3) is 5.56 Å². The molecule has 4 heterocycles. The topological polar surface area (TPSA) is 55.4 Å². The molecular weight excluding hydrogens is 362 g/mol. The first-order valence-corrected chi connectivity index (χ1v) is 10.1. The third kappa shape index (κ3) is 3.13. The second-order valence-electron chi connectivity index (χ2n) is 8.21. The van der Waals surface area contributed by atoms with Gasteiger partial charge in [-0.2, -0.15) is 4.98 Å². The Morgan fingerprint density at radius 3 is 2.52 bits per heavy atom. The van der Waals surface area contributed by atoms with E-state index in [0.717, 1.165) is 59.7 Å². The van der Waals surface area contributed by atoms with Gasteiger partial charge in [-0.05, 0) is 75.3 Å². The number of imidazole rings is 1. The largest absolute Gasteiger partial charge is 0.332 e. The summed E-state index contributed by atoms with van der Waals surface area (Å²) in [5.74, 6) is 1.26. The van der Waals surface area contributed by atoms with Gasteiger partial charge in [0.1, 0.15) is 11.5 Å². The average Bonchev–Trinajstić information content (AvgIpc) is 3.10. The zero-order chi connectivity index (χ0) is 20.1. The van der Waals surface area contributed by atoms with Crippen LogP contribution in [0.25, 0.3) is 27.7 Å². The summed E-state index contributed by atoms with van der Waals surface area (Å²) in [4.78, 5) is 24.2. The molecule has 0 saturated carbocycles. The minimum absolute atomic E-state index is 0.131. The average molecular weight is 387 g/mol. The summed E-state index contributed by atoms with van der Waals surface area (Å²) < 4.78 is 4.13. The van der Waals surface area contributed by atoms with Crippen molar-refractivity contribution in [1.82, 2.24) is 23.8 Å². The van der Waals surface area contributed by atoms with Crippen LogP contribution in [0.15, 0.2) is 47.5 Å². The van der Waals surface area contributed by atoms with E-state index < -0.39 is 0 Å². The molecule has 3 aromatic heterocycles. The van der Waals surface area contributed by atoms with Crippen LogP contribution >= 0.6 is 0 Å². The van der Waals surface area contributed by atoms with Gasteiger partial charge < -0.3 is 13.9 Å². The number of hydrogen-bond donors (Lipinski definition) is 0. The number of nitrogens with zero attached hydrogens (tertiary/aromatic N) is 5. The number of hydrogen-bond acceptors (Lipinski definition) is 4. The molecule has 0 spiro atoms. The fourth-order valence-corrected chi connectivity index (χ4v) is 4.46. The predicted octanol–water partition coefficient (Wildman–Crippen LogP) is 3.37. The van der Waals surface area contributed by atoms with E-state index in [1.54, 1.807) is 0 Å². The monoisotopic (exact) mass is 387 g/mol. The molecule has 6 nitrogen and oxygen atoms in total. The Morgan fingerprint density at radius 2 is 1.72 bits per heavy atom. The highest BCUT2D eigenvalue weighted by Gasteiger charge is 2.23. The smallest absolute Gasteiger partial charge is 0.280 e. The summed E-state index contributed by atoms with van der Waals surface area (Å²) in [6, 6.07) is 10.2. The molecule has 1 saturated heterocycles. The number of likely N-dealkylation sites (tertiary alicyclic amines) is 1. The molecule has 1 aliphatic heterocycles. The van der Waals surface area contributed by atoms with E-state index in [4.69, 9.17) is 0 Å². The van der Waals surface area contributed by atoms with Crippen LogP contribution in [-0.2, 0) is 7.05 Å². The van der Waals surface area contributed by atoms with Crippen molar-refractivity contribution in [2.75, 3.05) is 20.1 Å². The minimum atomic E-state index is -0.131. The van der Waals surface area contributed by atoms with Crippen molar-refractivity contribution in [2.45, 2.75) is 25.7 Å². The number of fused-ring (bicyclic) bond motifs is 2. The Kier molecular flexibility index (Phi) is 4.24. The number of piperidine rings is 1. The lowest BCUT2D eigenvalue weighted by atomic mass is 9.95. The molecule has 0 atom stereocenters. The Balaban J connectivity index is 1.59. The normalized spacial score (nSPS) is 16.1. The van der Waals surface area contributed by atoms with E-state index in [-0.39, 0.29) is 5.56 Å². The summed E-state index contributed by atoms with van der Waals surface area (Å²) in [6.07, 6.45) is 6.16. The Bertz CT molecular complexity index is 1280. The van der Waals surface area contributed by atoms with E-state index in [2.05, 4.69) is 44.8 Å². The Morgan fingerprint density at radius 1 is 0.966 bits per heavy atom. The fourth-order valence-electron chi connectivity index (χ4n) is 4.46. The van der Waals surface area contributed by atoms with Crippen LogP contribution in [0.3, 0.4) is 0 Å². The molecule has 1 fully saturated rings. The first-order valence-electron chi connectivity index (χ1n) is 10.1. The molecule has 4 aromatic rings. The second kappa shape index (κ2) is 6.81. The van der Waals surface area contributed by atoms with Crippen molar-refractivity contribution >= 4 is 16.6 Å². The number of pyridine rings is 1. The number of aryl methyl sites for hydroxylation is 2. The number of benzene rings is 1. The first-order chi connectivity index (χ1) is 14.0. The van der Waals surface area contributed by atoms with Gasteiger partial charge in [-0.15, -0.1) is 0 Å². The minimum Gasteiger partial charge on any atom is -0.332 e. The number of rotatable bonds is 2. The van der Waals surface area contributed by atoms with E-state index in [9.17, 15) is 4.79 Å². The highest BCUT2D eigenvalue weighted by Crippen LogP contribution is 2.28. The lowest BCUT2D eigenvalue weighted by molar-refractivity contribution is 0.249. The van der Waals surface area contributed by atoms with Crippen molar-refractivity contribution < 1.29 is 0 Å². The van der Waals surface area contributed by atoms with E-state index in [0.29, 0.717) is 11.3 Å². The van der Waals surface area contributed by atoms with Gasteiger partial charge in [0.15, 0.2) is 0 Å². The molecule has 1 aromatic carbocycles. The molecule has 29 heavy (non-hydrogen) atoms. The van der Waals surface area contributed by atoms with Crippen LogP contribution in [0.1, 0.15) is 30.3 Å². The van der Waals surface area contributed by atoms with Crippen LogP contribution in [0, 0.1) is 6.92 Å². The summed E-state index contributed by atoms with van der Waals surface area (Å²) in [6.45, 7) is 4.08. The summed E-state index contributed by atoms with van der Waals surface area (Å²) in [5.41, 5.74) is 4.79. The lowest BCUT2D eigenvalue weighted by Gasteiger charge is -2.29. The Hall–Kier alpha value is -2.99. The number of aromatic nitrogens is 4. The first kappa shape index (κ1) is 18.1. The summed E-state index contributed by atoms with van der Waals surface area (Å²) in [7, 11) is 4.18. The van der Waals surface area contributed by atoms with Crippen molar-refractivity contribution in [1.29, 1.82) is 0 Å². The maximum absolute atomic E-state index is 12.9. The van der Waals surface area contributed by atoms with Crippen molar-refractivity contribution in [2.24, 2.45) is 7.05 Å². The van der Waals surface area contributed by atoms with Gasteiger partial charge in [-0.1, -0.05) is 6.07 Å². The molecule has 0 bridgehead atoms. The van der Waals surface area contributed by atoms with Crippen LogP contribution in [0.2, 0.25) is 0 Å². The van der Waals surface area contributed by atoms with Crippen molar-refractivity contribution in [3.8, 4) is 11.1 Å². The molecule has 0 amide bonds. The molecule has 1 aliphatic rings. The highest BCUT2D eigenvalue weighted by atomic mass is 16.1. The predicted molar refractivity (Wildman–Crippen MR) is 115 cm³/mol. The SMILES string of the molecule is Cc1cn2cc(-c3ccc4c(c3)c(=O)nc(C3CCN(C)CC3)n4C)ccc2n1. The molecule has 0 N–H and O–H groups in total. The zero-order valence-corrected chi connectivity index (χ0v) is 17.1. The zero-order valence-electron chi connectivity index (χ0n) is 17.1. The van der Waals surface area contributed by atoms with Gasteiger partial charge in [-0.3, -0.25) is 4.79 Å². The Labute approximate surface area is 169 Å². The van der Waals surface area contributed by atoms with Gasteiger partial charge in [0, 0.05) is 25.4 Å². The van der Waals surface area contributed by atoms with Gasteiger partial charge in [0.05, 0.1) is 16.6 Å². The lowest BCUT2D eigenvalue weighted by Crippen LogP contribution is -2.31.